The summed E-state index contributed by atoms with van der Waals surface area (Å²) in [6, 6.07) is 52.3. The second kappa shape index (κ2) is 14.8. The molecule has 1 heteroatoms. The number of rotatable bonds is 8. The van der Waals surface area contributed by atoms with Crippen molar-refractivity contribution in [3.05, 3.63) is 212 Å². The zero-order chi connectivity index (χ0) is 36.5. The van der Waals surface area contributed by atoms with Gasteiger partial charge in [-0.25, -0.2) is 0 Å². The van der Waals surface area contributed by atoms with E-state index in [2.05, 4.69) is 197 Å². The lowest BCUT2D eigenvalue weighted by atomic mass is 9.91. The highest BCUT2D eigenvalue weighted by Gasteiger charge is 2.42. The van der Waals surface area contributed by atoms with E-state index < -0.39 is 0 Å². The Labute approximate surface area is 316 Å². The maximum absolute atomic E-state index is 2.63. The Morgan fingerprint density at radius 3 is 1.94 bits per heavy atom. The predicted molar refractivity (Wildman–Crippen MR) is 228 cm³/mol. The van der Waals surface area contributed by atoms with Crippen LogP contribution < -0.4 is 4.90 Å². The maximum atomic E-state index is 2.63. The zero-order valence-corrected chi connectivity index (χ0v) is 31.7. The molecule has 0 N–H and O–H groups in total. The van der Waals surface area contributed by atoms with Crippen molar-refractivity contribution in [2.75, 3.05) is 4.90 Å². The summed E-state index contributed by atoms with van der Waals surface area (Å²) in [5.41, 5.74) is 20.7. The van der Waals surface area contributed by atoms with E-state index in [1.165, 1.54) is 109 Å². The summed E-state index contributed by atoms with van der Waals surface area (Å²) in [6.07, 6.45) is 10.7. The summed E-state index contributed by atoms with van der Waals surface area (Å²) in [7, 11) is 0. The van der Waals surface area contributed by atoms with E-state index in [4.69, 9.17) is 0 Å². The van der Waals surface area contributed by atoms with Gasteiger partial charge in [0.15, 0.2) is 0 Å². The standard InChI is InChI=1S/C52H49N/c1-35-12-9-16-43(31-35)52(44-17-10-13-36(2)32-44)38(4)21-22-40-25-29-51-49(34-40)47-18-11-19-50(47)53(51)45-26-23-41(24-27-45)33-48(42-14-7-6-8-15-42)46-28-20-37(3)30-39(46)5/h6-10,12-17,20-34,47,50H,11,18-19H2,1-5H3. The number of allylic oxidation sites excluding steroid dienone is 2. The molecule has 6 aromatic rings. The van der Waals surface area contributed by atoms with Crippen LogP contribution in [0, 0.1) is 27.7 Å². The molecule has 1 saturated carbocycles. The van der Waals surface area contributed by atoms with E-state index in [1.54, 1.807) is 0 Å². The van der Waals surface area contributed by atoms with Crippen LogP contribution in [0.1, 0.15) is 93.3 Å². The van der Waals surface area contributed by atoms with Crippen molar-refractivity contribution in [3.8, 4) is 0 Å². The van der Waals surface area contributed by atoms with Gasteiger partial charge in [0.2, 0.25) is 0 Å². The Bertz CT molecular complexity index is 2320. The molecular formula is C52H49N. The minimum absolute atomic E-state index is 0.511. The summed E-state index contributed by atoms with van der Waals surface area (Å²) < 4.78 is 0. The SMILES string of the molecule is CC(C=Cc1ccc2c(c1)C1CCCC1N2c1ccc(C=C(c2ccccc2)c2ccc(C)cc2C)cc1)=C(c1cccc(C)c1)c1cccc(C)c1. The summed E-state index contributed by atoms with van der Waals surface area (Å²) in [4.78, 5) is 2.63. The largest absolute Gasteiger partial charge is 0.338 e. The molecule has 0 radical (unpaired) electrons. The molecule has 0 aromatic heterocycles. The summed E-state index contributed by atoms with van der Waals surface area (Å²) in [6.45, 7) is 11.0. The summed E-state index contributed by atoms with van der Waals surface area (Å²) in [5.74, 6) is 0.568. The van der Waals surface area contributed by atoms with Gasteiger partial charge in [-0.15, -0.1) is 0 Å². The van der Waals surface area contributed by atoms with E-state index >= 15 is 0 Å². The van der Waals surface area contributed by atoms with Crippen LogP contribution >= 0.6 is 0 Å². The molecule has 8 rings (SSSR count). The molecule has 2 aliphatic rings. The van der Waals surface area contributed by atoms with E-state index in [1.807, 2.05) is 0 Å². The van der Waals surface area contributed by atoms with Gasteiger partial charge in [0.1, 0.15) is 0 Å². The number of hydrogen-bond donors (Lipinski definition) is 0. The van der Waals surface area contributed by atoms with Gasteiger partial charge in [-0.05, 0) is 139 Å². The second-order valence-electron chi connectivity index (χ2n) is 15.3. The van der Waals surface area contributed by atoms with Crippen molar-refractivity contribution < 1.29 is 0 Å². The van der Waals surface area contributed by atoms with Gasteiger partial charge in [0.25, 0.3) is 0 Å². The quantitative estimate of drug-likeness (QED) is 0.114. The van der Waals surface area contributed by atoms with Gasteiger partial charge in [0.05, 0.1) is 0 Å². The monoisotopic (exact) mass is 687 g/mol. The molecule has 1 aliphatic heterocycles. The second-order valence-corrected chi connectivity index (χ2v) is 15.3. The van der Waals surface area contributed by atoms with Crippen LogP contribution in [-0.2, 0) is 0 Å². The molecule has 0 saturated heterocycles. The van der Waals surface area contributed by atoms with Crippen LogP contribution in [0.15, 0.2) is 151 Å². The van der Waals surface area contributed by atoms with Gasteiger partial charge in [-0.3, -0.25) is 0 Å². The van der Waals surface area contributed by atoms with Crippen molar-refractivity contribution in [2.45, 2.75) is 65.8 Å². The lowest BCUT2D eigenvalue weighted by molar-refractivity contribution is 0.642. The lowest BCUT2D eigenvalue weighted by Crippen LogP contribution is -2.26. The fourth-order valence-electron chi connectivity index (χ4n) is 8.79. The Morgan fingerprint density at radius 1 is 0.604 bits per heavy atom. The molecule has 1 nitrogen and oxygen atoms in total. The highest BCUT2D eigenvalue weighted by Crippen LogP contribution is 2.52. The van der Waals surface area contributed by atoms with Crippen molar-refractivity contribution in [3.63, 3.8) is 0 Å². The number of aryl methyl sites for hydroxylation is 4. The lowest BCUT2D eigenvalue weighted by Gasteiger charge is -2.27. The first kappa shape index (κ1) is 34.4. The molecule has 2 atom stereocenters. The van der Waals surface area contributed by atoms with E-state index in [9.17, 15) is 0 Å². The van der Waals surface area contributed by atoms with Crippen LogP contribution in [-0.4, -0.2) is 6.04 Å². The minimum atomic E-state index is 0.511. The maximum Gasteiger partial charge on any atom is 0.0450 e. The summed E-state index contributed by atoms with van der Waals surface area (Å²) in [5, 5.41) is 0. The predicted octanol–water partition coefficient (Wildman–Crippen LogP) is 13.8. The van der Waals surface area contributed by atoms with Crippen molar-refractivity contribution >= 4 is 34.7 Å². The number of fused-ring (bicyclic) bond motifs is 3. The van der Waals surface area contributed by atoms with E-state index in [0.717, 1.165) is 0 Å². The number of hydrogen-bond acceptors (Lipinski definition) is 1. The van der Waals surface area contributed by atoms with Gasteiger partial charge >= 0.3 is 0 Å². The third-order valence-corrected chi connectivity index (χ3v) is 11.3. The first-order valence-corrected chi connectivity index (χ1v) is 19.2. The van der Waals surface area contributed by atoms with E-state index in [-0.39, 0.29) is 0 Å². The van der Waals surface area contributed by atoms with Gasteiger partial charge in [-0.1, -0.05) is 151 Å². The van der Waals surface area contributed by atoms with Crippen LogP contribution in [0.3, 0.4) is 0 Å². The average Bonchev–Trinajstić information content (AvgIpc) is 3.75. The van der Waals surface area contributed by atoms with Crippen LogP contribution in [0.4, 0.5) is 11.4 Å². The summed E-state index contributed by atoms with van der Waals surface area (Å²) >= 11 is 0. The first-order chi connectivity index (χ1) is 25.8. The molecular weight excluding hydrogens is 639 g/mol. The van der Waals surface area contributed by atoms with Crippen LogP contribution in [0.5, 0.6) is 0 Å². The van der Waals surface area contributed by atoms with Gasteiger partial charge in [0, 0.05) is 23.3 Å². The third kappa shape index (κ3) is 7.09. The Morgan fingerprint density at radius 2 is 1.26 bits per heavy atom. The van der Waals surface area contributed by atoms with Crippen LogP contribution in [0.2, 0.25) is 0 Å². The third-order valence-electron chi connectivity index (χ3n) is 11.3. The van der Waals surface area contributed by atoms with Crippen LogP contribution in [0.25, 0.3) is 23.3 Å². The molecule has 6 aromatic carbocycles. The molecule has 1 fully saturated rings. The normalized spacial score (nSPS) is 16.5. The fourth-order valence-corrected chi connectivity index (χ4v) is 8.79. The number of anilines is 2. The topological polar surface area (TPSA) is 3.24 Å². The fraction of sp³-hybridized carbons (Fsp3) is 0.192. The van der Waals surface area contributed by atoms with Gasteiger partial charge < -0.3 is 4.90 Å². The number of benzene rings is 6. The van der Waals surface area contributed by atoms with Crippen molar-refractivity contribution in [1.29, 1.82) is 0 Å². The molecule has 0 bridgehead atoms. The van der Waals surface area contributed by atoms with E-state index in [0.29, 0.717) is 12.0 Å². The molecule has 0 amide bonds. The van der Waals surface area contributed by atoms with Gasteiger partial charge in [-0.2, -0.15) is 0 Å². The number of nitrogens with zero attached hydrogens (tertiary/aromatic N) is 1. The highest BCUT2D eigenvalue weighted by atomic mass is 15.2. The highest BCUT2D eigenvalue weighted by molar-refractivity contribution is 5.93. The molecule has 53 heavy (non-hydrogen) atoms. The molecule has 2 unspecified atom stereocenters. The Kier molecular flexibility index (Phi) is 9.59. The smallest absolute Gasteiger partial charge is 0.0450 e. The molecule has 1 aliphatic carbocycles. The van der Waals surface area contributed by atoms with Crippen molar-refractivity contribution in [1.82, 2.24) is 0 Å². The molecule has 1 heterocycles. The van der Waals surface area contributed by atoms with Crippen molar-refractivity contribution in [2.24, 2.45) is 0 Å². The molecule has 0 spiro atoms. The average molecular weight is 688 g/mol. The zero-order valence-electron chi connectivity index (χ0n) is 31.7. The Balaban J connectivity index is 1.11. The Hall–Kier alpha value is -5.66. The molecule has 262 valence electrons. The minimum Gasteiger partial charge on any atom is -0.338 e. The first-order valence-electron chi connectivity index (χ1n) is 19.2.